The number of carboxylic acids is 1. The standard InChI is InChI=1S/C21H20N2O5S/c1-3-23-20(26)18(12-14-4-8-17(9-5-14)28-13-19(24)25)29-21(23)22-15-6-10-16(27-2)11-7-15/h4-12H,3,13H2,1-2H3,(H,24,25)/b18-12+,22-21?. The molecule has 1 aliphatic heterocycles. The van der Waals surface area contributed by atoms with Crippen molar-refractivity contribution < 1.29 is 24.2 Å². The molecule has 1 aliphatic rings. The monoisotopic (exact) mass is 412 g/mol. The van der Waals surface area contributed by atoms with Crippen LogP contribution < -0.4 is 9.47 Å². The Morgan fingerprint density at radius 2 is 1.79 bits per heavy atom. The Labute approximate surface area is 172 Å². The molecule has 2 aromatic rings. The number of ether oxygens (including phenoxy) is 2. The molecule has 2 aromatic carbocycles. The van der Waals surface area contributed by atoms with E-state index in [1.165, 1.54) is 11.8 Å². The van der Waals surface area contributed by atoms with Crippen molar-refractivity contribution in [1.29, 1.82) is 0 Å². The third-order valence-corrected chi connectivity index (χ3v) is 5.05. The van der Waals surface area contributed by atoms with Crippen LogP contribution in [0.15, 0.2) is 58.4 Å². The number of aliphatic carboxylic acids is 1. The molecule has 7 nitrogen and oxygen atoms in total. The summed E-state index contributed by atoms with van der Waals surface area (Å²) in [6, 6.07) is 14.2. The van der Waals surface area contributed by atoms with Crippen molar-refractivity contribution in [1.82, 2.24) is 4.90 Å². The van der Waals surface area contributed by atoms with Gasteiger partial charge in [-0.3, -0.25) is 9.69 Å². The number of benzene rings is 2. The second kappa shape index (κ2) is 9.29. The maximum Gasteiger partial charge on any atom is 0.341 e. The Balaban J connectivity index is 1.78. The molecule has 1 fully saturated rings. The zero-order valence-electron chi connectivity index (χ0n) is 16.0. The molecule has 1 heterocycles. The second-order valence-corrected chi connectivity index (χ2v) is 7.01. The molecule has 1 saturated heterocycles. The number of hydrogen-bond donors (Lipinski definition) is 1. The van der Waals surface area contributed by atoms with Crippen LogP contribution in [-0.4, -0.2) is 47.3 Å². The van der Waals surface area contributed by atoms with Crippen LogP contribution in [-0.2, 0) is 9.59 Å². The van der Waals surface area contributed by atoms with E-state index in [0.29, 0.717) is 22.4 Å². The van der Waals surface area contributed by atoms with Crippen molar-refractivity contribution in [3.8, 4) is 11.5 Å². The minimum absolute atomic E-state index is 0.101. The Bertz CT molecular complexity index is 952. The van der Waals surface area contributed by atoms with Gasteiger partial charge in [0, 0.05) is 6.54 Å². The van der Waals surface area contributed by atoms with Gasteiger partial charge in [-0.05, 0) is 66.7 Å². The first kappa shape index (κ1) is 20.5. The van der Waals surface area contributed by atoms with E-state index in [1.54, 1.807) is 42.4 Å². The maximum atomic E-state index is 12.7. The van der Waals surface area contributed by atoms with Crippen LogP contribution in [0.4, 0.5) is 5.69 Å². The molecule has 3 rings (SSSR count). The molecule has 0 radical (unpaired) electrons. The van der Waals surface area contributed by atoms with E-state index in [0.717, 1.165) is 17.0 Å². The third-order valence-electron chi connectivity index (χ3n) is 4.04. The zero-order valence-corrected chi connectivity index (χ0v) is 16.8. The number of likely N-dealkylation sites (N-methyl/N-ethyl adjacent to an activating group) is 1. The fourth-order valence-electron chi connectivity index (χ4n) is 2.59. The van der Waals surface area contributed by atoms with E-state index in [4.69, 9.17) is 14.6 Å². The normalized spacial score (nSPS) is 16.5. The molecule has 8 heteroatoms. The van der Waals surface area contributed by atoms with Crippen LogP contribution >= 0.6 is 11.8 Å². The van der Waals surface area contributed by atoms with E-state index in [1.807, 2.05) is 31.2 Å². The summed E-state index contributed by atoms with van der Waals surface area (Å²) in [6.07, 6.45) is 1.78. The summed E-state index contributed by atoms with van der Waals surface area (Å²) in [5.41, 5.74) is 1.55. The lowest BCUT2D eigenvalue weighted by atomic mass is 10.2. The first-order chi connectivity index (χ1) is 14.0. The van der Waals surface area contributed by atoms with Gasteiger partial charge in [0.05, 0.1) is 17.7 Å². The largest absolute Gasteiger partial charge is 0.497 e. The molecule has 150 valence electrons. The highest BCUT2D eigenvalue weighted by atomic mass is 32.2. The molecule has 0 aliphatic carbocycles. The van der Waals surface area contributed by atoms with Crippen molar-refractivity contribution >= 4 is 40.6 Å². The second-order valence-electron chi connectivity index (χ2n) is 6.00. The van der Waals surface area contributed by atoms with Crippen molar-refractivity contribution in [2.75, 3.05) is 20.3 Å². The van der Waals surface area contributed by atoms with Crippen LogP contribution in [0.25, 0.3) is 6.08 Å². The molecular formula is C21H20N2O5S. The summed E-state index contributed by atoms with van der Waals surface area (Å²) in [4.78, 5) is 30.1. The number of carbonyl (C=O) groups is 2. The number of thioether (sulfide) groups is 1. The summed E-state index contributed by atoms with van der Waals surface area (Å²) in [5.74, 6) is 0.0631. The van der Waals surface area contributed by atoms with Gasteiger partial charge in [0.1, 0.15) is 11.5 Å². The number of hydrogen-bond acceptors (Lipinski definition) is 6. The number of carboxylic acid groups (broad SMARTS) is 1. The fourth-order valence-corrected chi connectivity index (χ4v) is 3.66. The number of aliphatic imine (C=N–C) groups is 1. The van der Waals surface area contributed by atoms with Gasteiger partial charge in [0.15, 0.2) is 11.8 Å². The quantitative estimate of drug-likeness (QED) is 0.696. The maximum absolute atomic E-state index is 12.7. The van der Waals surface area contributed by atoms with Gasteiger partial charge < -0.3 is 14.6 Å². The number of methoxy groups -OCH3 is 1. The molecule has 1 N–H and O–H groups in total. The average Bonchev–Trinajstić information content (AvgIpc) is 3.02. The van der Waals surface area contributed by atoms with Crippen LogP contribution in [0, 0.1) is 0 Å². The summed E-state index contributed by atoms with van der Waals surface area (Å²) >= 11 is 1.32. The number of carbonyl (C=O) groups excluding carboxylic acids is 1. The van der Waals surface area contributed by atoms with Gasteiger partial charge in [-0.1, -0.05) is 12.1 Å². The van der Waals surface area contributed by atoms with Crippen molar-refractivity contribution in [2.45, 2.75) is 6.92 Å². The van der Waals surface area contributed by atoms with E-state index >= 15 is 0 Å². The van der Waals surface area contributed by atoms with Crippen LogP contribution in [0.3, 0.4) is 0 Å². The Kier molecular flexibility index (Phi) is 6.56. The highest BCUT2D eigenvalue weighted by Gasteiger charge is 2.32. The van der Waals surface area contributed by atoms with Gasteiger partial charge in [-0.15, -0.1) is 0 Å². The van der Waals surface area contributed by atoms with Crippen molar-refractivity contribution in [2.24, 2.45) is 4.99 Å². The molecule has 29 heavy (non-hydrogen) atoms. The molecule has 0 bridgehead atoms. The molecule has 0 unspecified atom stereocenters. The highest BCUT2D eigenvalue weighted by molar-refractivity contribution is 8.18. The molecule has 0 spiro atoms. The first-order valence-corrected chi connectivity index (χ1v) is 9.70. The SMILES string of the molecule is CCN1C(=O)/C(=C\c2ccc(OCC(=O)O)cc2)SC1=Nc1ccc(OC)cc1. The lowest BCUT2D eigenvalue weighted by molar-refractivity contribution is -0.139. The van der Waals surface area contributed by atoms with Gasteiger partial charge >= 0.3 is 5.97 Å². The highest BCUT2D eigenvalue weighted by Crippen LogP contribution is 2.34. The molecule has 0 saturated carbocycles. The van der Waals surface area contributed by atoms with Gasteiger partial charge in [0.25, 0.3) is 5.91 Å². The fraction of sp³-hybridized carbons (Fsp3) is 0.190. The number of rotatable bonds is 7. The minimum atomic E-state index is -1.03. The van der Waals surface area contributed by atoms with Crippen LogP contribution in [0.2, 0.25) is 0 Å². The predicted molar refractivity (Wildman–Crippen MR) is 113 cm³/mol. The van der Waals surface area contributed by atoms with Crippen molar-refractivity contribution in [3.63, 3.8) is 0 Å². The molecule has 1 amide bonds. The summed E-state index contributed by atoms with van der Waals surface area (Å²) in [5, 5.41) is 9.28. The molecular weight excluding hydrogens is 392 g/mol. The Morgan fingerprint density at radius 1 is 1.14 bits per heavy atom. The molecule has 0 atom stereocenters. The lowest BCUT2D eigenvalue weighted by Gasteiger charge is -2.12. The third kappa shape index (κ3) is 5.17. The summed E-state index contributed by atoms with van der Waals surface area (Å²) in [6.45, 7) is 2.02. The van der Waals surface area contributed by atoms with Gasteiger partial charge in [-0.25, -0.2) is 9.79 Å². The smallest absolute Gasteiger partial charge is 0.341 e. The summed E-state index contributed by atoms with van der Waals surface area (Å²) in [7, 11) is 1.60. The zero-order chi connectivity index (χ0) is 20.8. The Morgan fingerprint density at radius 3 is 2.38 bits per heavy atom. The number of nitrogens with zero attached hydrogens (tertiary/aromatic N) is 2. The van der Waals surface area contributed by atoms with Crippen molar-refractivity contribution in [3.05, 3.63) is 59.0 Å². The first-order valence-electron chi connectivity index (χ1n) is 8.89. The van der Waals surface area contributed by atoms with Crippen LogP contribution in [0.1, 0.15) is 12.5 Å². The Hall–Kier alpha value is -3.26. The predicted octanol–water partition coefficient (Wildman–Crippen LogP) is 3.78. The summed E-state index contributed by atoms with van der Waals surface area (Å²) < 4.78 is 10.3. The van der Waals surface area contributed by atoms with E-state index < -0.39 is 12.6 Å². The van der Waals surface area contributed by atoms with Gasteiger partial charge in [0.2, 0.25) is 0 Å². The topological polar surface area (TPSA) is 88.4 Å². The van der Waals surface area contributed by atoms with Gasteiger partial charge in [-0.2, -0.15) is 0 Å². The lowest BCUT2D eigenvalue weighted by Crippen LogP contribution is -2.28. The van der Waals surface area contributed by atoms with E-state index in [2.05, 4.69) is 4.99 Å². The van der Waals surface area contributed by atoms with E-state index in [9.17, 15) is 9.59 Å². The number of amidine groups is 1. The minimum Gasteiger partial charge on any atom is -0.497 e. The van der Waals surface area contributed by atoms with E-state index in [-0.39, 0.29) is 5.91 Å². The van der Waals surface area contributed by atoms with Crippen LogP contribution in [0.5, 0.6) is 11.5 Å². The molecule has 0 aromatic heterocycles. The average molecular weight is 412 g/mol. The number of amides is 1.